The maximum absolute atomic E-state index is 13.2. The molecule has 0 spiro atoms. The molecule has 170 valence electrons. The molecule has 2 heterocycles. The second-order valence-corrected chi connectivity index (χ2v) is 9.13. The Labute approximate surface area is 191 Å². The molecular formula is C27H34N2O3. The van der Waals surface area contributed by atoms with Crippen LogP contribution in [0.4, 0.5) is 4.79 Å². The average Bonchev–Trinajstić information content (AvgIpc) is 3.38. The molecule has 32 heavy (non-hydrogen) atoms. The highest BCUT2D eigenvalue weighted by atomic mass is 16.5. The van der Waals surface area contributed by atoms with E-state index in [0.717, 1.165) is 45.3 Å². The van der Waals surface area contributed by atoms with Gasteiger partial charge in [-0.2, -0.15) is 0 Å². The van der Waals surface area contributed by atoms with Crippen LogP contribution in [0.3, 0.4) is 0 Å². The smallest absolute Gasteiger partial charge is 0.320 e. The molecule has 2 saturated heterocycles. The number of hydrogen-bond acceptors (Lipinski definition) is 3. The van der Waals surface area contributed by atoms with Gasteiger partial charge in [0.05, 0.1) is 7.11 Å². The summed E-state index contributed by atoms with van der Waals surface area (Å²) in [4.78, 5) is 30.3. The molecule has 2 aliphatic rings. The molecule has 2 amide bonds. The Balaban J connectivity index is 1.52. The minimum Gasteiger partial charge on any atom is -0.497 e. The van der Waals surface area contributed by atoms with Crippen LogP contribution in [0.1, 0.15) is 60.0 Å². The van der Waals surface area contributed by atoms with Gasteiger partial charge in [0.1, 0.15) is 5.75 Å². The molecule has 0 radical (unpaired) electrons. The quantitative estimate of drug-likeness (QED) is 0.591. The van der Waals surface area contributed by atoms with Gasteiger partial charge in [-0.05, 0) is 54.9 Å². The molecule has 2 aromatic rings. The first-order valence-corrected chi connectivity index (χ1v) is 11.9. The number of Topliss-reactive ketones (excluding diaryl/α,β-unsaturated/α-hetero) is 1. The lowest BCUT2D eigenvalue weighted by Gasteiger charge is -2.39. The standard InChI is InChI=1S/C27H34N2O3/c1-3-20-9-11-22(12-10-20)24-15-21(16-26(30)23-7-6-8-25(17-23)32-2)18-29(19-24)27(31)28-13-4-5-14-28/h6-12,17,21,24H,3-5,13-16,18-19H2,1-2H3. The highest BCUT2D eigenvalue weighted by Crippen LogP contribution is 2.34. The molecule has 2 unspecified atom stereocenters. The number of methoxy groups -OCH3 is 1. The van der Waals surface area contributed by atoms with E-state index in [1.807, 2.05) is 28.0 Å². The fourth-order valence-corrected chi connectivity index (χ4v) is 5.06. The minimum atomic E-state index is 0.115. The summed E-state index contributed by atoms with van der Waals surface area (Å²) in [6.45, 7) is 5.22. The van der Waals surface area contributed by atoms with Crippen LogP contribution in [0.2, 0.25) is 0 Å². The van der Waals surface area contributed by atoms with E-state index in [0.29, 0.717) is 24.3 Å². The number of amides is 2. The predicted octanol–water partition coefficient (Wildman–Crippen LogP) is 5.15. The molecule has 2 aliphatic heterocycles. The summed E-state index contributed by atoms with van der Waals surface area (Å²) < 4.78 is 5.28. The van der Waals surface area contributed by atoms with Crippen molar-refractivity contribution in [2.75, 3.05) is 33.3 Å². The number of benzene rings is 2. The summed E-state index contributed by atoms with van der Waals surface area (Å²) in [5, 5.41) is 0. The van der Waals surface area contributed by atoms with Crippen LogP contribution < -0.4 is 4.74 Å². The number of likely N-dealkylation sites (tertiary alicyclic amines) is 2. The van der Waals surface area contributed by atoms with Gasteiger partial charge in [0.15, 0.2) is 5.78 Å². The molecule has 0 bridgehead atoms. The van der Waals surface area contributed by atoms with Crippen LogP contribution >= 0.6 is 0 Å². The van der Waals surface area contributed by atoms with E-state index in [1.54, 1.807) is 13.2 Å². The molecule has 5 heteroatoms. The van der Waals surface area contributed by atoms with Gasteiger partial charge in [-0.1, -0.05) is 43.3 Å². The first-order valence-electron chi connectivity index (χ1n) is 11.9. The number of ether oxygens (including phenoxy) is 1. The average molecular weight is 435 g/mol. The predicted molar refractivity (Wildman–Crippen MR) is 126 cm³/mol. The number of aryl methyl sites for hydroxylation is 1. The third-order valence-electron chi connectivity index (χ3n) is 6.91. The lowest BCUT2D eigenvalue weighted by molar-refractivity contribution is 0.0897. The first-order chi connectivity index (χ1) is 15.6. The highest BCUT2D eigenvalue weighted by Gasteiger charge is 2.34. The Hall–Kier alpha value is -2.82. The van der Waals surface area contributed by atoms with Crippen molar-refractivity contribution >= 4 is 11.8 Å². The van der Waals surface area contributed by atoms with Crippen LogP contribution in [0.25, 0.3) is 0 Å². The van der Waals surface area contributed by atoms with E-state index in [1.165, 1.54) is 11.1 Å². The SMILES string of the molecule is CCc1ccc(C2CC(CC(=O)c3cccc(OC)c3)CN(C(=O)N3CCCC3)C2)cc1. The van der Waals surface area contributed by atoms with Crippen molar-refractivity contribution < 1.29 is 14.3 Å². The highest BCUT2D eigenvalue weighted by molar-refractivity contribution is 5.96. The molecule has 0 aromatic heterocycles. The summed E-state index contributed by atoms with van der Waals surface area (Å²) >= 11 is 0. The van der Waals surface area contributed by atoms with Crippen molar-refractivity contribution in [3.05, 3.63) is 65.2 Å². The number of ketones is 1. The van der Waals surface area contributed by atoms with Crippen LogP contribution in [-0.2, 0) is 6.42 Å². The zero-order chi connectivity index (χ0) is 22.5. The normalized spacial score (nSPS) is 20.9. The maximum Gasteiger partial charge on any atom is 0.320 e. The largest absolute Gasteiger partial charge is 0.497 e. The van der Waals surface area contributed by atoms with Crippen LogP contribution in [0.5, 0.6) is 5.75 Å². The van der Waals surface area contributed by atoms with E-state index >= 15 is 0 Å². The molecule has 2 fully saturated rings. The van der Waals surface area contributed by atoms with Crippen LogP contribution in [-0.4, -0.2) is 54.9 Å². The molecule has 0 saturated carbocycles. The maximum atomic E-state index is 13.2. The number of piperidine rings is 1. The van der Waals surface area contributed by atoms with Crippen LogP contribution in [0, 0.1) is 5.92 Å². The molecule has 0 N–H and O–H groups in total. The number of nitrogens with zero attached hydrogens (tertiary/aromatic N) is 2. The van der Waals surface area contributed by atoms with Crippen molar-refractivity contribution in [3.63, 3.8) is 0 Å². The van der Waals surface area contributed by atoms with Gasteiger partial charge in [-0.25, -0.2) is 4.79 Å². The van der Waals surface area contributed by atoms with Crippen LogP contribution in [0.15, 0.2) is 48.5 Å². The Morgan fingerprint density at radius 2 is 1.75 bits per heavy atom. The van der Waals surface area contributed by atoms with Gasteiger partial charge < -0.3 is 14.5 Å². The Morgan fingerprint density at radius 3 is 2.44 bits per heavy atom. The Morgan fingerprint density at radius 1 is 1.00 bits per heavy atom. The summed E-state index contributed by atoms with van der Waals surface area (Å²) in [5.74, 6) is 1.21. The van der Waals surface area contributed by atoms with Crippen molar-refractivity contribution in [3.8, 4) is 5.75 Å². The summed E-state index contributed by atoms with van der Waals surface area (Å²) in [6, 6.07) is 16.3. The van der Waals surface area contributed by atoms with Crippen molar-refractivity contribution in [1.82, 2.24) is 9.80 Å². The Bertz CT molecular complexity index is 934. The zero-order valence-corrected chi connectivity index (χ0v) is 19.3. The van der Waals surface area contributed by atoms with E-state index in [9.17, 15) is 9.59 Å². The monoisotopic (exact) mass is 434 g/mol. The van der Waals surface area contributed by atoms with Gasteiger partial charge >= 0.3 is 6.03 Å². The van der Waals surface area contributed by atoms with Crippen molar-refractivity contribution in [2.24, 2.45) is 5.92 Å². The fraction of sp³-hybridized carbons (Fsp3) is 0.481. The molecule has 4 rings (SSSR count). The van der Waals surface area contributed by atoms with Gasteiger partial charge in [0.25, 0.3) is 0 Å². The summed E-state index contributed by atoms with van der Waals surface area (Å²) in [6.07, 6.45) is 4.55. The minimum absolute atomic E-state index is 0.115. The number of rotatable bonds is 6. The fourth-order valence-electron chi connectivity index (χ4n) is 5.06. The molecule has 2 aromatic carbocycles. The molecule has 5 nitrogen and oxygen atoms in total. The molecule has 2 atom stereocenters. The summed E-state index contributed by atoms with van der Waals surface area (Å²) in [7, 11) is 1.61. The lowest BCUT2D eigenvalue weighted by atomic mass is 9.81. The zero-order valence-electron chi connectivity index (χ0n) is 19.3. The van der Waals surface area contributed by atoms with E-state index in [4.69, 9.17) is 4.74 Å². The summed E-state index contributed by atoms with van der Waals surface area (Å²) in [5.41, 5.74) is 3.26. The topological polar surface area (TPSA) is 49.9 Å². The van der Waals surface area contributed by atoms with Gasteiger partial charge in [-0.15, -0.1) is 0 Å². The number of carbonyl (C=O) groups is 2. The Kier molecular flexibility index (Phi) is 7.13. The number of urea groups is 1. The van der Waals surface area contributed by atoms with E-state index in [-0.39, 0.29) is 23.7 Å². The third-order valence-corrected chi connectivity index (χ3v) is 6.91. The second-order valence-electron chi connectivity index (χ2n) is 9.13. The second kappa shape index (κ2) is 10.2. The number of carbonyl (C=O) groups excluding carboxylic acids is 2. The number of hydrogen-bond donors (Lipinski definition) is 0. The lowest BCUT2D eigenvalue weighted by Crippen LogP contribution is -2.49. The van der Waals surface area contributed by atoms with Crippen molar-refractivity contribution in [2.45, 2.75) is 44.9 Å². The van der Waals surface area contributed by atoms with E-state index in [2.05, 4.69) is 31.2 Å². The van der Waals surface area contributed by atoms with E-state index < -0.39 is 0 Å². The first kappa shape index (κ1) is 22.4. The third kappa shape index (κ3) is 5.14. The van der Waals surface area contributed by atoms with Gasteiger partial charge in [-0.3, -0.25) is 4.79 Å². The molecule has 0 aliphatic carbocycles. The van der Waals surface area contributed by atoms with Gasteiger partial charge in [0, 0.05) is 44.1 Å². The van der Waals surface area contributed by atoms with Gasteiger partial charge in [0.2, 0.25) is 0 Å². The molecular weight excluding hydrogens is 400 g/mol. The van der Waals surface area contributed by atoms with Crippen molar-refractivity contribution in [1.29, 1.82) is 0 Å².